The Morgan fingerprint density at radius 1 is 1.26 bits per heavy atom. The molecule has 2 amide bonds. The second-order valence-corrected chi connectivity index (χ2v) is 7.65. The highest BCUT2D eigenvalue weighted by molar-refractivity contribution is 6.00. The number of rotatable bonds is 4. The molecule has 0 spiro atoms. The normalized spacial score (nSPS) is 18.8. The molecule has 0 saturated carbocycles. The average molecular weight is 417 g/mol. The van der Waals surface area contributed by atoms with Crippen LogP contribution in [-0.2, 0) is 10.4 Å². The number of carbonyl (C=O) groups excluding carboxylic acids is 2. The lowest BCUT2D eigenvalue weighted by Gasteiger charge is -2.16. The number of hydrogen-bond acceptors (Lipinski definition) is 6. The average Bonchev–Trinajstić information content (AvgIpc) is 3.50. The predicted octanol–water partition coefficient (Wildman–Crippen LogP) is 2.03. The molecule has 31 heavy (non-hydrogen) atoms. The van der Waals surface area contributed by atoms with Gasteiger partial charge in [0.1, 0.15) is 17.0 Å². The van der Waals surface area contributed by atoms with Crippen molar-refractivity contribution >= 4 is 22.8 Å². The molecule has 9 heteroatoms. The molecule has 4 heterocycles. The minimum Gasteiger partial charge on any atom is -0.373 e. The van der Waals surface area contributed by atoms with E-state index in [1.54, 1.807) is 25.4 Å². The summed E-state index contributed by atoms with van der Waals surface area (Å²) in [6.07, 6.45) is 1.99. The Morgan fingerprint density at radius 3 is 2.81 bits per heavy atom. The van der Waals surface area contributed by atoms with Gasteiger partial charge in [-0.15, -0.1) is 0 Å². The zero-order valence-electron chi connectivity index (χ0n) is 16.6. The molecule has 1 aliphatic rings. The first-order valence-corrected chi connectivity index (χ1v) is 9.71. The van der Waals surface area contributed by atoms with Gasteiger partial charge in [-0.1, -0.05) is 23.4 Å². The summed E-state index contributed by atoms with van der Waals surface area (Å²) in [6, 6.07) is 12.6. The van der Waals surface area contributed by atoms with Crippen molar-refractivity contribution in [3.63, 3.8) is 0 Å². The van der Waals surface area contributed by atoms with Gasteiger partial charge in [0, 0.05) is 43.2 Å². The first-order chi connectivity index (χ1) is 14.9. The summed E-state index contributed by atoms with van der Waals surface area (Å²) in [4.78, 5) is 32.8. The van der Waals surface area contributed by atoms with E-state index in [1.807, 2.05) is 30.3 Å². The van der Waals surface area contributed by atoms with Gasteiger partial charge in [-0.2, -0.15) is 0 Å². The number of benzene rings is 1. The lowest BCUT2D eigenvalue weighted by molar-refractivity contribution is -0.144. The van der Waals surface area contributed by atoms with Gasteiger partial charge in [0.2, 0.25) is 5.60 Å². The number of hydrogen-bond donors (Lipinski definition) is 3. The van der Waals surface area contributed by atoms with Crippen LogP contribution in [0.5, 0.6) is 0 Å². The highest BCUT2D eigenvalue weighted by Crippen LogP contribution is 2.36. The van der Waals surface area contributed by atoms with Crippen LogP contribution in [0.25, 0.3) is 33.4 Å². The molecule has 5 rings (SSSR count). The quantitative estimate of drug-likeness (QED) is 0.464. The molecule has 0 bridgehead atoms. The maximum atomic E-state index is 12.3. The third kappa shape index (κ3) is 2.98. The zero-order valence-corrected chi connectivity index (χ0v) is 16.6. The summed E-state index contributed by atoms with van der Waals surface area (Å²) < 4.78 is 5.36. The smallest absolute Gasteiger partial charge is 0.267 e. The van der Waals surface area contributed by atoms with Crippen molar-refractivity contribution in [1.29, 1.82) is 0 Å². The van der Waals surface area contributed by atoms with E-state index >= 15 is 0 Å². The number of nitrogens with zero attached hydrogens (tertiary/aromatic N) is 3. The van der Waals surface area contributed by atoms with Gasteiger partial charge in [0.15, 0.2) is 5.76 Å². The molecule has 1 fully saturated rings. The topological polar surface area (TPSA) is 138 Å². The molecule has 4 N–H and O–H groups in total. The van der Waals surface area contributed by atoms with E-state index in [1.165, 1.54) is 4.90 Å². The summed E-state index contributed by atoms with van der Waals surface area (Å²) >= 11 is 0. The van der Waals surface area contributed by atoms with Crippen LogP contribution in [0.3, 0.4) is 0 Å². The number of amides is 2. The number of H-pyrrole nitrogens is 1. The molecule has 1 saturated heterocycles. The second-order valence-electron chi connectivity index (χ2n) is 7.65. The lowest BCUT2D eigenvalue weighted by Crippen LogP contribution is -2.35. The number of nitrogens with two attached hydrogens (primary N) is 1. The fourth-order valence-corrected chi connectivity index (χ4v) is 3.94. The van der Waals surface area contributed by atoms with E-state index in [0.29, 0.717) is 17.9 Å². The number of primary amides is 1. The summed E-state index contributed by atoms with van der Waals surface area (Å²) in [6.45, 7) is 0.442. The Kier molecular flexibility index (Phi) is 4.16. The van der Waals surface area contributed by atoms with Crippen molar-refractivity contribution in [3.05, 3.63) is 60.1 Å². The van der Waals surface area contributed by atoms with Crippen LogP contribution < -0.4 is 5.73 Å². The number of fused-ring (bicyclic) bond motifs is 1. The lowest BCUT2D eigenvalue weighted by atomic mass is 9.96. The molecule has 1 unspecified atom stereocenters. The van der Waals surface area contributed by atoms with Gasteiger partial charge >= 0.3 is 0 Å². The van der Waals surface area contributed by atoms with E-state index < -0.39 is 17.4 Å². The van der Waals surface area contributed by atoms with Crippen molar-refractivity contribution in [3.8, 4) is 22.4 Å². The number of nitrogens with one attached hydrogen (secondary N) is 1. The van der Waals surface area contributed by atoms with Crippen LogP contribution in [0.4, 0.5) is 0 Å². The molecule has 156 valence electrons. The van der Waals surface area contributed by atoms with Crippen molar-refractivity contribution in [1.82, 2.24) is 20.0 Å². The molecule has 3 aromatic heterocycles. The fourth-order valence-electron chi connectivity index (χ4n) is 3.94. The number of likely N-dealkylation sites (N-methyl/N-ethyl adjacent to an activating group) is 1. The number of pyridine rings is 1. The SMILES string of the molecule is CN1CCC(O)(c2cc(-c3cccc(-c4cc(C(N)=O)nc5[nH]ccc45)c3)no2)C1=O. The molecule has 4 aromatic rings. The predicted molar refractivity (Wildman–Crippen MR) is 112 cm³/mol. The largest absolute Gasteiger partial charge is 0.373 e. The number of carbonyl (C=O) groups is 2. The summed E-state index contributed by atoms with van der Waals surface area (Å²) in [5.41, 5.74) is 7.30. The number of aromatic amines is 1. The standard InChI is InChI=1S/C22H19N5O4/c1-27-8-6-22(30,21(27)29)18-11-16(26-31-18)13-4-2-3-12(9-13)15-10-17(19(23)28)25-20-14(15)5-7-24-20/h2-5,7,9-11,30H,6,8H2,1H3,(H2,23,28)(H,24,25). The summed E-state index contributed by atoms with van der Waals surface area (Å²) in [7, 11) is 1.64. The third-order valence-electron chi connectivity index (χ3n) is 5.68. The monoisotopic (exact) mass is 417 g/mol. The Hall–Kier alpha value is -3.98. The van der Waals surface area contributed by atoms with Crippen LogP contribution in [0.15, 0.2) is 53.2 Å². The maximum Gasteiger partial charge on any atom is 0.267 e. The van der Waals surface area contributed by atoms with E-state index in [9.17, 15) is 14.7 Å². The number of aliphatic hydroxyl groups is 1. The Bertz CT molecular complexity index is 1340. The molecule has 0 radical (unpaired) electrons. The highest BCUT2D eigenvalue weighted by atomic mass is 16.5. The first-order valence-electron chi connectivity index (χ1n) is 9.71. The first kappa shape index (κ1) is 19.0. The van der Waals surface area contributed by atoms with Crippen LogP contribution in [0.2, 0.25) is 0 Å². The molecular weight excluding hydrogens is 398 g/mol. The Labute approximate surface area is 176 Å². The van der Waals surface area contributed by atoms with Gasteiger partial charge in [0.05, 0.1) is 0 Å². The summed E-state index contributed by atoms with van der Waals surface area (Å²) in [5, 5.41) is 15.7. The minimum atomic E-state index is -1.70. The van der Waals surface area contributed by atoms with Crippen LogP contribution in [0, 0.1) is 0 Å². The molecule has 1 atom stereocenters. The summed E-state index contributed by atoms with van der Waals surface area (Å²) in [5.74, 6) is -0.903. The maximum absolute atomic E-state index is 12.3. The van der Waals surface area contributed by atoms with Crippen LogP contribution in [-0.4, -0.2) is 50.5 Å². The van der Waals surface area contributed by atoms with Gasteiger partial charge in [0.25, 0.3) is 11.8 Å². The number of likely N-dealkylation sites (tertiary alicyclic amines) is 1. The van der Waals surface area contributed by atoms with Crippen molar-refractivity contribution in [2.45, 2.75) is 12.0 Å². The van der Waals surface area contributed by atoms with E-state index in [0.717, 1.165) is 22.1 Å². The molecule has 1 aliphatic heterocycles. The molecular formula is C22H19N5O4. The second kappa shape index (κ2) is 6.78. The van der Waals surface area contributed by atoms with E-state index in [-0.39, 0.29) is 17.9 Å². The van der Waals surface area contributed by atoms with Crippen molar-refractivity contribution < 1.29 is 19.2 Å². The molecule has 0 aliphatic carbocycles. The van der Waals surface area contributed by atoms with Gasteiger partial charge in [-0.25, -0.2) is 4.98 Å². The van der Waals surface area contributed by atoms with Gasteiger partial charge in [-0.3, -0.25) is 9.59 Å². The minimum absolute atomic E-state index is 0.121. The van der Waals surface area contributed by atoms with Crippen molar-refractivity contribution in [2.24, 2.45) is 5.73 Å². The Morgan fingerprint density at radius 2 is 2.06 bits per heavy atom. The van der Waals surface area contributed by atoms with E-state index in [4.69, 9.17) is 10.3 Å². The highest BCUT2D eigenvalue weighted by Gasteiger charge is 2.48. The third-order valence-corrected chi connectivity index (χ3v) is 5.68. The van der Waals surface area contributed by atoms with Crippen molar-refractivity contribution in [2.75, 3.05) is 13.6 Å². The van der Waals surface area contributed by atoms with Crippen LogP contribution in [0.1, 0.15) is 22.7 Å². The molecule has 1 aromatic carbocycles. The fraction of sp³-hybridized carbons (Fsp3) is 0.182. The van der Waals surface area contributed by atoms with Gasteiger partial charge < -0.3 is 25.2 Å². The molecule has 9 nitrogen and oxygen atoms in total. The zero-order chi connectivity index (χ0) is 21.8. The Balaban J connectivity index is 1.57. The van der Waals surface area contributed by atoms with Crippen LogP contribution >= 0.6 is 0 Å². The van der Waals surface area contributed by atoms with E-state index in [2.05, 4.69) is 15.1 Å². The number of aromatic nitrogens is 3. The van der Waals surface area contributed by atoms with Gasteiger partial charge in [-0.05, 0) is 29.3 Å².